The molecule has 0 aromatic rings. The Morgan fingerprint density at radius 2 is 2.15 bits per heavy atom. The first-order valence-corrected chi connectivity index (χ1v) is 10.9. The maximum absolute atomic E-state index is 10.4. The molecule has 0 saturated carbocycles. The number of nitrogens with one attached hydrogen (secondary N) is 1. The van der Waals surface area contributed by atoms with Gasteiger partial charge in [-0.25, -0.2) is 0 Å². The van der Waals surface area contributed by atoms with Gasteiger partial charge in [-0.3, -0.25) is 4.90 Å². The molecule has 2 aliphatic heterocycles. The van der Waals surface area contributed by atoms with Crippen LogP contribution in [0.1, 0.15) is 33.6 Å². The van der Waals surface area contributed by atoms with Crippen molar-refractivity contribution in [3.8, 4) is 0 Å². The lowest BCUT2D eigenvalue weighted by Gasteiger charge is -2.51. The van der Waals surface area contributed by atoms with Crippen LogP contribution in [0.25, 0.3) is 0 Å². The average molecular weight is 301 g/mol. The molecule has 0 aliphatic carbocycles. The number of fused-ring (bicyclic) bond motifs is 1. The van der Waals surface area contributed by atoms with E-state index in [9.17, 15) is 4.80 Å². The smallest absolute Gasteiger partial charge is 0.188 e. The summed E-state index contributed by atoms with van der Waals surface area (Å²) in [6, 6.07) is 0.553. The van der Waals surface area contributed by atoms with Gasteiger partial charge in [-0.15, -0.1) is 0 Å². The van der Waals surface area contributed by atoms with Gasteiger partial charge < -0.3 is 14.8 Å². The molecular weight excluding hydrogens is 268 g/mol. The number of morpholine rings is 1. The Morgan fingerprint density at radius 3 is 2.80 bits per heavy atom. The summed E-state index contributed by atoms with van der Waals surface area (Å²) in [6.07, 6.45) is 2.25. The quantitative estimate of drug-likeness (QED) is 0.777. The highest BCUT2D eigenvalue weighted by Gasteiger charge is 2.42. The van der Waals surface area contributed by atoms with Gasteiger partial charge in [-0.1, -0.05) is 13.8 Å². The third-order valence-corrected chi connectivity index (χ3v) is 9.23. The molecule has 2 rings (SSSR count). The number of piperazine rings is 1. The molecule has 0 aromatic heterocycles. The van der Waals surface area contributed by atoms with Crippen molar-refractivity contribution in [3.05, 3.63) is 0 Å². The maximum Gasteiger partial charge on any atom is 0.188 e. The van der Waals surface area contributed by atoms with E-state index in [-0.39, 0.29) is 10.6 Å². The van der Waals surface area contributed by atoms with E-state index in [1.165, 1.54) is 0 Å². The molecule has 5 heteroatoms. The predicted molar refractivity (Wildman–Crippen MR) is 85.6 cm³/mol. The molecule has 4 nitrogen and oxygen atoms in total. The summed E-state index contributed by atoms with van der Waals surface area (Å²) in [6.45, 7) is 15.7. The number of rotatable bonds is 4. The molecule has 118 valence electrons. The normalized spacial score (nSPS) is 33.0. The maximum atomic E-state index is 10.4. The van der Waals surface area contributed by atoms with E-state index in [1.54, 1.807) is 0 Å². The number of nitrogens with zero attached hydrogens (tertiary/aromatic N) is 1. The highest BCUT2D eigenvalue weighted by molar-refractivity contribution is 6.72. The third kappa shape index (κ3) is 3.44. The minimum Gasteiger partial charge on any atom is -0.432 e. The zero-order valence-electron chi connectivity index (χ0n) is 13.8. The first kappa shape index (κ1) is 16.4. The van der Waals surface area contributed by atoms with Crippen molar-refractivity contribution >= 4 is 8.32 Å². The van der Waals surface area contributed by atoms with Gasteiger partial charge in [-0.05, 0) is 37.9 Å². The zero-order valence-corrected chi connectivity index (χ0v) is 14.8. The van der Waals surface area contributed by atoms with Crippen LogP contribution in [0.2, 0.25) is 18.1 Å². The SMILES string of the molecule is CC(C)(CC[C@@H]1CN2CCOC[C@]2(C)CN1)[Si](C)(C)O. The fraction of sp³-hybridized carbons (Fsp3) is 1.00. The molecule has 0 aromatic carbocycles. The summed E-state index contributed by atoms with van der Waals surface area (Å²) < 4.78 is 5.63. The van der Waals surface area contributed by atoms with Crippen LogP contribution in [-0.4, -0.2) is 62.4 Å². The van der Waals surface area contributed by atoms with Gasteiger partial charge in [0.25, 0.3) is 0 Å². The lowest BCUT2D eigenvalue weighted by Crippen LogP contribution is -2.67. The van der Waals surface area contributed by atoms with E-state index < -0.39 is 8.32 Å². The van der Waals surface area contributed by atoms with Gasteiger partial charge in [0.2, 0.25) is 0 Å². The van der Waals surface area contributed by atoms with Crippen molar-refractivity contribution in [1.29, 1.82) is 0 Å². The highest BCUT2D eigenvalue weighted by atomic mass is 28.4. The van der Waals surface area contributed by atoms with Crippen molar-refractivity contribution in [3.63, 3.8) is 0 Å². The van der Waals surface area contributed by atoms with Crippen molar-refractivity contribution in [2.75, 3.05) is 32.8 Å². The zero-order chi connectivity index (χ0) is 15.0. The van der Waals surface area contributed by atoms with Gasteiger partial charge in [0, 0.05) is 25.7 Å². The topological polar surface area (TPSA) is 44.7 Å². The van der Waals surface area contributed by atoms with Gasteiger partial charge in [0.05, 0.1) is 18.8 Å². The second-order valence-electron chi connectivity index (χ2n) is 8.05. The van der Waals surface area contributed by atoms with E-state index in [0.29, 0.717) is 6.04 Å². The Morgan fingerprint density at radius 1 is 1.45 bits per heavy atom. The monoisotopic (exact) mass is 300 g/mol. The molecule has 2 N–H and O–H groups in total. The van der Waals surface area contributed by atoms with Gasteiger partial charge in [0.1, 0.15) is 0 Å². The Hall–Kier alpha value is 0.0569. The predicted octanol–water partition coefficient (Wildman–Crippen LogP) is 1.81. The molecule has 2 saturated heterocycles. The largest absolute Gasteiger partial charge is 0.432 e. The van der Waals surface area contributed by atoms with Crippen LogP contribution in [-0.2, 0) is 4.74 Å². The molecule has 2 aliphatic rings. The number of ether oxygens (including phenoxy) is 1. The number of hydrogen-bond donors (Lipinski definition) is 2. The summed E-state index contributed by atoms with van der Waals surface area (Å²) >= 11 is 0. The Balaban J connectivity index is 1.87. The van der Waals surface area contributed by atoms with E-state index in [1.807, 2.05) is 0 Å². The van der Waals surface area contributed by atoms with Gasteiger partial charge in [0.15, 0.2) is 8.32 Å². The van der Waals surface area contributed by atoms with Crippen LogP contribution in [0.5, 0.6) is 0 Å². The Labute approximate surface area is 125 Å². The van der Waals surface area contributed by atoms with E-state index in [2.05, 4.69) is 44.1 Å². The van der Waals surface area contributed by atoms with Crippen molar-refractivity contribution in [2.45, 2.75) is 63.3 Å². The van der Waals surface area contributed by atoms with Crippen molar-refractivity contribution < 1.29 is 9.53 Å². The molecule has 0 bridgehead atoms. The third-order valence-electron chi connectivity index (χ3n) is 5.67. The Kier molecular flexibility index (Phi) is 4.67. The van der Waals surface area contributed by atoms with Crippen LogP contribution in [0, 0.1) is 0 Å². The average Bonchev–Trinajstić information content (AvgIpc) is 2.34. The minimum absolute atomic E-state index is 0.0838. The minimum atomic E-state index is -2.08. The molecule has 2 fully saturated rings. The highest BCUT2D eigenvalue weighted by Crippen LogP contribution is 2.40. The lowest BCUT2D eigenvalue weighted by molar-refractivity contribution is -0.0794. The van der Waals surface area contributed by atoms with Crippen LogP contribution in [0.3, 0.4) is 0 Å². The fourth-order valence-electron chi connectivity index (χ4n) is 3.03. The second-order valence-corrected chi connectivity index (χ2v) is 12.5. The Bertz CT molecular complexity index is 343. The van der Waals surface area contributed by atoms with Crippen LogP contribution in [0.4, 0.5) is 0 Å². The lowest BCUT2D eigenvalue weighted by atomic mass is 9.92. The van der Waals surface area contributed by atoms with Crippen molar-refractivity contribution in [2.24, 2.45) is 0 Å². The molecule has 0 amide bonds. The molecule has 0 radical (unpaired) electrons. The molecule has 2 heterocycles. The van der Waals surface area contributed by atoms with Crippen LogP contribution < -0.4 is 5.32 Å². The van der Waals surface area contributed by atoms with Crippen molar-refractivity contribution in [1.82, 2.24) is 10.2 Å². The van der Waals surface area contributed by atoms with E-state index >= 15 is 0 Å². The first-order valence-electron chi connectivity index (χ1n) is 7.93. The molecule has 0 spiro atoms. The number of hydrogen-bond acceptors (Lipinski definition) is 4. The summed E-state index contributed by atoms with van der Waals surface area (Å²) in [5.41, 5.74) is 0.176. The van der Waals surface area contributed by atoms with E-state index in [0.717, 1.165) is 45.7 Å². The molecular formula is C15H32N2O2Si. The fourth-order valence-corrected chi connectivity index (χ4v) is 3.79. The summed E-state index contributed by atoms with van der Waals surface area (Å²) in [7, 11) is -2.08. The molecule has 20 heavy (non-hydrogen) atoms. The van der Waals surface area contributed by atoms with Gasteiger partial charge >= 0.3 is 0 Å². The van der Waals surface area contributed by atoms with Gasteiger partial charge in [-0.2, -0.15) is 0 Å². The first-order chi connectivity index (χ1) is 9.14. The molecule has 2 atom stereocenters. The van der Waals surface area contributed by atoms with Crippen LogP contribution >= 0.6 is 0 Å². The second kappa shape index (κ2) is 5.69. The summed E-state index contributed by atoms with van der Waals surface area (Å²) in [5, 5.41) is 3.78. The summed E-state index contributed by atoms with van der Waals surface area (Å²) in [5.74, 6) is 0. The standard InChI is InChI=1S/C15H32N2O2Si/c1-14(2,20(4,5)18)7-6-13-10-17-8-9-19-12-15(17,3)11-16-13/h13,16,18H,6-12H2,1-5H3/t13-,15+/m1/s1. The summed E-state index contributed by atoms with van der Waals surface area (Å²) in [4.78, 5) is 13.0. The molecule has 0 unspecified atom stereocenters. The van der Waals surface area contributed by atoms with Crippen LogP contribution in [0.15, 0.2) is 0 Å². The van der Waals surface area contributed by atoms with E-state index in [4.69, 9.17) is 4.74 Å².